The Morgan fingerprint density at radius 1 is 1.23 bits per heavy atom. The van der Waals surface area contributed by atoms with E-state index in [2.05, 4.69) is 15.1 Å². The van der Waals surface area contributed by atoms with Gasteiger partial charge >= 0.3 is 0 Å². The molecular weight excluding hydrogens is 333 g/mol. The average Bonchev–Trinajstić information content (AvgIpc) is 2.62. The molecule has 3 atom stereocenters. The third kappa shape index (κ3) is 3.61. The molecular formula is C20H26FN3O2. The maximum Gasteiger partial charge on any atom is 0.234 e. The highest BCUT2D eigenvalue weighted by atomic mass is 19.1. The lowest BCUT2D eigenvalue weighted by Crippen LogP contribution is -2.61. The minimum Gasteiger partial charge on any atom is -0.351 e. The predicted octanol–water partition coefficient (Wildman–Crippen LogP) is 1.77. The van der Waals surface area contributed by atoms with E-state index in [1.807, 2.05) is 0 Å². The van der Waals surface area contributed by atoms with Crippen molar-refractivity contribution in [3.8, 4) is 0 Å². The Bertz CT molecular complexity index is 695. The van der Waals surface area contributed by atoms with Crippen LogP contribution < -0.4 is 5.32 Å². The molecule has 0 aliphatic carbocycles. The molecule has 0 saturated carbocycles. The van der Waals surface area contributed by atoms with Gasteiger partial charge in [0.25, 0.3) is 0 Å². The molecule has 5 nitrogen and oxygen atoms in total. The Balaban J connectivity index is 1.32. The molecule has 3 aliphatic heterocycles. The summed E-state index contributed by atoms with van der Waals surface area (Å²) in [4.78, 5) is 28.8. The number of benzene rings is 1. The van der Waals surface area contributed by atoms with E-state index in [-0.39, 0.29) is 18.3 Å². The lowest BCUT2D eigenvalue weighted by molar-refractivity contribution is -0.145. The van der Waals surface area contributed by atoms with Gasteiger partial charge in [-0.2, -0.15) is 0 Å². The Labute approximate surface area is 153 Å². The molecule has 1 N–H and O–H groups in total. The first-order chi connectivity index (χ1) is 12.6. The number of carbonyl (C=O) groups excluding carboxylic acids is 2. The van der Waals surface area contributed by atoms with Crippen LogP contribution in [0.4, 0.5) is 4.39 Å². The molecule has 6 heteroatoms. The second-order valence-corrected chi connectivity index (χ2v) is 7.93. The van der Waals surface area contributed by atoms with Crippen molar-refractivity contribution in [2.24, 2.45) is 11.8 Å². The Morgan fingerprint density at radius 3 is 2.92 bits per heavy atom. The molecule has 1 aromatic carbocycles. The number of nitrogens with one attached hydrogen (secondary N) is 1. The number of nitrogens with zero attached hydrogens (tertiary/aromatic N) is 2. The minimum atomic E-state index is -0.289. The van der Waals surface area contributed by atoms with E-state index in [1.54, 1.807) is 18.2 Å². The van der Waals surface area contributed by atoms with Gasteiger partial charge in [-0.1, -0.05) is 18.2 Å². The quantitative estimate of drug-likeness (QED) is 0.892. The lowest BCUT2D eigenvalue weighted by atomic mass is 9.76. The molecule has 140 valence electrons. The van der Waals surface area contributed by atoms with E-state index in [9.17, 15) is 14.0 Å². The van der Waals surface area contributed by atoms with Crippen LogP contribution in [0.2, 0.25) is 0 Å². The van der Waals surface area contributed by atoms with Crippen LogP contribution in [0.25, 0.3) is 0 Å². The van der Waals surface area contributed by atoms with Crippen molar-refractivity contribution >= 4 is 11.8 Å². The third-order valence-corrected chi connectivity index (χ3v) is 6.06. The Kier molecular flexibility index (Phi) is 4.94. The van der Waals surface area contributed by atoms with Gasteiger partial charge in [-0.05, 0) is 37.2 Å². The van der Waals surface area contributed by atoms with Crippen molar-refractivity contribution in [1.29, 1.82) is 0 Å². The number of halogens is 1. The van der Waals surface area contributed by atoms with Crippen LogP contribution in [0.5, 0.6) is 0 Å². The second-order valence-electron chi connectivity index (χ2n) is 7.93. The van der Waals surface area contributed by atoms with Gasteiger partial charge in [-0.25, -0.2) is 4.39 Å². The lowest BCUT2D eigenvalue weighted by Gasteiger charge is -2.52. The summed E-state index contributed by atoms with van der Waals surface area (Å²) in [7, 11) is 0. The number of rotatable bonds is 4. The number of carbonyl (C=O) groups is 2. The number of hydrogen-bond acceptors (Lipinski definition) is 3. The molecule has 3 aliphatic rings. The molecule has 0 radical (unpaired) electrons. The average molecular weight is 359 g/mol. The monoisotopic (exact) mass is 359 g/mol. The zero-order chi connectivity index (χ0) is 18.1. The summed E-state index contributed by atoms with van der Waals surface area (Å²) < 4.78 is 13.7. The Hall–Kier alpha value is -1.95. The van der Waals surface area contributed by atoms with Gasteiger partial charge in [0.05, 0.1) is 6.54 Å². The van der Waals surface area contributed by atoms with E-state index in [0.717, 1.165) is 32.5 Å². The molecule has 2 bridgehead atoms. The highest BCUT2D eigenvalue weighted by molar-refractivity contribution is 5.78. The normalized spacial score (nSPS) is 28.6. The molecule has 4 rings (SSSR count). The fourth-order valence-electron chi connectivity index (χ4n) is 4.94. The Morgan fingerprint density at radius 2 is 2.08 bits per heavy atom. The number of piperidine rings is 3. The zero-order valence-corrected chi connectivity index (χ0v) is 15.0. The highest BCUT2D eigenvalue weighted by Crippen LogP contribution is 2.37. The SMILES string of the molecule is O=C(CN1CC2CC(C1)[C@H]1CCCC(=O)N1C2)NCc1ccccc1F. The van der Waals surface area contributed by atoms with Crippen LogP contribution >= 0.6 is 0 Å². The van der Waals surface area contributed by atoms with E-state index < -0.39 is 0 Å². The van der Waals surface area contributed by atoms with Crippen LogP contribution in [-0.4, -0.2) is 53.8 Å². The zero-order valence-electron chi connectivity index (χ0n) is 15.0. The summed E-state index contributed by atoms with van der Waals surface area (Å²) in [6, 6.07) is 6.87. The highest BCUT2D eigenvalue weighted by Gasteiger charge is 2.43. The number of likely N-dealkylation sites (tertiary alicyclic amines) is 1. The molecule has 3 saturated heterocycles. The van der Waals surface area contributed by atoms with E-state index in [1.165, 1.54) is 12.5 Å². The first kappa shape index (κ1) is 17.5. The molecule has 0 spiro atoms. The fraction of sp³-hybridized carbons (Fsp3) is 0.600. The van der Waals surface area contributed by atoms with Crippen molar-refractivity contribution in [3.05, 3.63) is 35.6 Å². The van der Waals surface area contributed by atoms with Gasteiger partial charge < -0.3 is 10.2 Å². The van der Waals surface area contributed by atoms with Crippen molar-refractivity contribution < 1.29 is 14.0 Å². The van der Waals surface area contributed by atoms with Crippen molar-refractivity contribution in [1.82, 2.24) is 15.1 Å². The summed E-state index contributed by atoms with van der Waals surface area (Å²) in [5.41, 5.74) is 0.507. The van der Waals surface area contributed by atoms with E-state index >= 15 is 0 Å². The van der Waals surface area contributed by atoms with Gasteiger partial charge in [-0.15, -0.1) is 0 Å². The van der Waals surface area contributed by atoms with Crippen LogP contribution in [0.3, 0.4) is 0 Å². The van der Waals surface area contributed by atoms with Gasteiger partial charge in [0.15, 0.2) is 0 Å². The molecule has 2 amide bonds. The van der Waals surface area contributed by atoms with Gasteiger partial charge in [0.1, 0.15) is 5.82 Å². The third-order valence-electron chi connectivity index (χ3n) is 6.06. The second kappa shape index (κ2) is 7.35. The molecule has 3 heterocycles. The molecule has 3 fully saturated rings. The van der Waals surface area contributed by atoms with E-state index in [4.69, 9.17) is 0 Å². The maximum atomic E-state index is 13.7. The van der Waals surface area contributed by atoms with Gasteiger partial charge in [-0.3, -0.25) is 14.5 Å². The first-order valence-corrected chi connectivity index (χ1v) is 9.62. The van der Waals surface area contributed by atoms with Crippen molar-refractivity contribution in [2.75, 3.05) is 26.2 Å². The van der Waals surface area contributed by atoms with Crippen LogP contribution in [0, 0.1) is 17.7 Å². The maximum absolute atomic E-state index is 13.7. The van der Waals surface area contributed by atoms with Crippen molar-refractivity contribution in [2.45, 2.75) is 38.3 Å². The number of fused-ring (bicyclic) bond motifs is 4. The first-order valence-electron chi connectivity index (χ1n) is 9.62. The minimum absolute atomic E-state index is 0.0650. The smallest absolute Gasteiger partial charge is 0.234 e. The number of amides is 2. The number of hydrogen-bond donors (Lipinski definition) is 1. The van der Waals surface area contributed by atoms with Gasteiger partial charge in [0, 0.05) is 44.2 Å². The van der Waals surface area contributed by atoms with Gasteiger partial charge in [0.2, 0.25) is 11.8 Å². The summed E-state index contributed by atoms with van der Waals surface area (Å²) in [5.74, 6) is 0.900. The predicted molar refractivity (Wildman–Crippen MR) is 95.6 cm³/mol. The standard InChI is InChI=1S/C20H26FN3O2/c21-17-5-2-1-4-15(17)9-22-19(25)13-23-10-14-8-16(12-23)18-6-3-7-20(26)24(18)11-14/h1-2,4-5,14,16,18H,3,6-13H2,(H,22,25)/t14?,16?,18-/m1/s1. The summed E-state index contributed by atoms with van der Waals surface area (Å²) >= 11 is 0. The fourth-order valence-corrected chi connectivity index (χ4v) is 4.94. The van der Waals surface area contributed by atoms with Crippen LogP contribution in [-0.2, 0) is 16.1 Å². The largest absolute Gasteiger partial charge is 0.351 e. The molecule has 1 aromatic rings. The van der Waals surface area contributed by atoms with E-state index in [0.29, 0.717) is 42.3 Å². The topological polar surface area (TPSA) is 52.7 Å². The summed E-state index contributed by atoms with van der Waals surface area (Å²) in [6.07, 6.45) is 3.95. The summed E-state index contributed by atoms with van der Waals surface area (Å²) in [5, 5.41) is 2.83. The van der Waals surface area contributed by atoms with Crippen molar-refractivity contribution in [3.63, 3.8) is 0 Å². The van der Waals surface area contributed by atoms with Crippen LogP contribution in [0.15, 0.2) is 24.3 Å². The summed E-state index contributed by atoms with van der Waals surface area (Å²) in [6.45, 7) is 3.14. The molecule has 0 aromatic heterocycles. The molecule has 2 unspecified atom stereocenters. The van der Waals surface area contributed by atoms with Crippen LogP contribution in [0.1, 0.15) is 31.2 Å². The molecule has 26 heavy (non-hydrogen) atoms.